The van der Waals surface area contributed by atoms with Crippen LogP contribution >= 0.6 is 11.3 Å². The number of thiophene rings is 1. The van der Waals surface area contributed by atoms with Gasteiger partial charge in [0.05, 0.1) is 17.0 Å². The van der Waals surface area contributed by atoms with Crippen LogP contribution in [-0.4, -0.2) is 36.8 Å². The first-order chi connectivity index (χ1) is 15.3. The van der Waals surface area contributed by atoms with Crippen molar-refractivity contribution < 1.29 is 4.79 Å². The van der Waals surface area contributed by atoms with Gasteiger partial charge in [-0.1, -0.05) is 42.5 Å². The van der Waals surface area contributed by atoms with Crippen molar-refractivity contribution in [2.75, 3.05) is 6.54 Å². The number of hydrogen-bond donors (Lipinski definition) is 1. The molecule has 0 fully saturated rings. The lowest BCUT2D eigenvalue weighted by Crippen LogP contribution is -2.26. The Hall–Kier alpha value is -3.78. The van der Waals surface area contributed by atoms with Crippen molar-refractivity contribution >= 4 is 22.9 Å². The van der Waals surface area contributed by atoms with E-state index in [1.165, 1.54) is 0 Å². The highest BCUT2D eigenvalue weighted by molar-refractivity contribution is 7.13. The van der Waals surface area contributed by atoms with Gasteiger partial charge in [-0.15, -0.1) is 21.5 Å². The number of carbonyl (C=O) groups excluding carboxylic acids is 1. The molecule has 5 rings (SSSR count). The van der Waals surface area contributed by atoms with E-state index in [4.69, 9.17) is 5.10 Å². The fourth-order valence-corrected chi connectivity index (χ4v) is 4.20. The normalized spacial score (nSPS) is 11.1. The number of nitrogens with one attached hydrogen (secondary N) is 1. The Labute approximate surface area is 183 Å². The van der Waals surface area contributed by atoms with Crippen LogP contribution in [0, 0.1) is 0 Å². The highest BCUT2D eigenvalue weighted by Crippen LogP contribution is 2.27. The number of fused-ring (bicyclic) bond motifs is 1. The number of pyridine rings is 1. The fraction of sp³-hybridized carbons (Fsp3) is 0.130. The summed E-state index contributed by atoms with van der Waals surface area (Å²) in [6.45, 7) is 1.07. The second kappa shape index (κ2) is 8.53. The summed E-state index contributed by atoms with van der Waals surface area (Å²) in [5, 5.41) is 18.1. The van der Waals surface area contributed by atoms with E-state index in [1.807, 2.05) is 75.4 Å². The molecule has 1 N–H and O–H groups in total. The third-order valence-electron chi connectivity index (χ3n) is 4.97. The van der Waals surface area contributed by atoms with Crippen LogP contribution in [0.25, 0.3) is 16.2 Å². The van der Waals surface area contributed by atoms with E-state index in [0.29, 0.717) is 30.8 Å². The van der Waals surface area contributed by atoms with Crippen LogP contribution in [0.5, 0.6) is 0 Å². The van der Waals surface area contributed by atoms with E-state index < -0.39 is 0 Å². The Morgan fingerprint density at radius 1 is 1.00 bits per heavy atom. The molecule has 0 radical (unpaired) electrons. The molecule has 1 amide bonds. The zero-order valence-corrected chi connectivity index (χ0v) is 17.5. The molecule has 154 valence electrons. The summed E-state index contributed by atoms with van der Waals surface area (Å²) in [4.78, 5) is 14.0. The Morgan fingerprint density at radius 2 is 1.87 bits per heavy atom. The van der Waals surface area contributed by atoms with Crippen LogP contribution in [0.15, 0.2) is 78.4 Å². The summed E-state index contributed by atoms with van der Waals surface area (Å²) in [5.74, 6) is 0.672. The molecule has 5 aromatic rings. The summed E-state index contributed by atoms with van der Waals surface area (Å²) < 4.78 is 3.76. The molecule has 0 aliphatic carbocycles. The first kappa shape index (κ1) is 19.2. The van der Waals surface area contributed by atoms with Gasteiger partial charge in [0.15, 0.2) is 5.65 Å². The smallest absolute Gasteiger partial charge is 0.255 e. The number of aromatic nitrogens is 5. The third-order valence-corrected chi connectivity index (χ3v) is 5.84. The molecule has 31 heavy (non-hydrogen) atoms. The molecule has 0 aliphatic heterocycles. The molecule has 7 nitrogen and oxygen atoms in total. The van der Waals surface area contributed by atoms with E-state index in [2.05, 4.69) is 27.6 Å². The largest absolute Gasteiger partial charge is 0.351 e. The molecule has 0 bridgehead atoms. The lowest BCUT2D eigenvalue weighted by atomic mass is 10.2. The van der Waals surface area contributed by atoms with Crippen molar-refractivity contribution in [3.63, 3.8) is 0 Å². The maximum Gasteiger partial charge on any atom is 0.255 e. The highest BCUT2D eigenvalue weighted by atomic mass is 32.1. The zero-order valence-electron chi connectivity index (χ0n) is 16.7. The number of benzene rings is 1. The van der Waals surface area contributed by atoms with Crippen LogP contribution in [-0.2, 0) is 13.0 Å². The van der Waals surface area contributed by atoms with Gasteiger partial charge in [-0.3, -0.25) is 13.9 Å². The number of hydrogen-bond acceptors (Lipinski definition) is 5. The predicted octanol–water partition coefficient (Wildman–Crippen LogP) is 3.68. The van der Waals surface area contributed by atoms with Crippen molar-refractivity contribution in [2.24, 2.45) is 0 Å². The van der Waals surface area contributed by atoms with Crippen molar-refractivity contribution in [2.45, 2.75) is 13.0 Å². The van der Waals surface area contributed by atoms with E-state index in [9.17, 15) is 4.79 Å². The van der Waals surface area contributed by atoms with Crippen LogP contribution in [0.4, 0.5) is 0 Å². The first-order valence-electron chi connectivity index (χ1n) is 10.00. The monoisotopic (exact) mass is 428 g/mol. The van der Waals surface area contributed by atoms with Gasteiger partial charge in [-0.25, -0.2) is 0 Å². The molecule has 0 saturated carbocycles. The predicted molar refractivity (Wildman–Crippen MR) is 120 cm³/mol. The fourth-order valence-electron chi connectivity index (χ4n) is 3.48. The molecule has 0 atom stereocenters. The molecular weight excluding hydrogens is 408 g/mol. The van der Waals surface area contributed by atoms with Crippen molar-refractivity contribution in [1.82, 2.24) is 29.7 Å². The molecule has 0 unspecified atom stereocenters. The molecule has 4 heterocycles. The first-order valence-corrected chi connectivity index (χ1v) is 10.9. The van der Waals surface area contributed by atoms with Gasteiger partial charge in [-0.2, -0.15) is 5.10 Å². The highest BCUT2D eigenvalue weighted by Gasteiger charge is 2.19. The minimum Gasteiger partial charge on any atom is -0.351 e. The van der Waals surface area contributed by atoms with Gasteiger partial charge >= 0.3 is 0 Å². The maximum absolute atomic E-state index is 13.0. The van der Waals surface area contributed by atoms with Gasteiger partial charge in [0.25, 0.3) is 5.91 Å². The second-order valence-corrected chi connectivity index (χ2v) is 8.05. The van der Waals surface area contributed by atoms with E-state index in [0.717, 1.165) is 21.9 Å². The SMILES string of the molecule is O=C(NCCc1nnc2ccccn12)c1cn(Cc2ccccc2)nc1-c1cccs1. The number of rotatable bonds is 7. The van der Waals surface area contributed by atoms with Crippen molar-refractivity contribution in [1.29, 1.82) is 0 Å². The Kier molecular flexibility index (Phi) is 5.28. The number of carbonyl (C=O) groups is 1. The molecule has 0 aliphatic rings. The van der Waals surface area contributed by atoms with E-state index in [-0.39, 0.29) is 5.91 Å². The molecule has 4 aromatic heterocycles. The van der Waals surface area contributed by atoms with Gasteiger partial charge < -0.3 is 5.32 Å². The molecular formula is C23H20N6OS. The van der Waals surface area contributed by atoms with E-state index >= 15 is 0 Å². The summed E-state index contributed by atoms with van der Waals surface area (Å²) >= 11 is 1.57. The quantitative estimate of drug-likeness (QED) is 0.429. The summed E-state index contributed by atoms with van der Waals surface area (Å²) in [6.07, 6.45) is 4.34. The maximum atomic E-state index is 13.0. The average molecular weight is 429 g/mol. The van der Waals surface area contributed by atoms with E-state index in [1.54, 1.807) is 11.3 Å². The van der Waals surface area contributed by atoms with Gasteiger partial charge in [0, 0.05) is 25.4 Å². The van der Waals surface area contributed by atoms with Gasteiger partial charge in [-0.05, 0) is 29.1 Å². The topological polar surface area (TPSA) is 77.1 Å². The Balaban J connectivity index is 1.33. The number of amides is 1. The minimum atomic E-state index is -0.142. The van der Waals surface area contributed by atoms with Crippen LogP contribution in [0.3, 0.4) is 0 Å². The molecule has 8 heteroatoms. The number of nitrogens with zero attached hydrogens (tertiary/aromatic N) is 5. The minimum absolute atomic E-state index is 0.142. The summed E-state index contributed by atoms with van der Waals surface area (Å²) in [7, 11) is 0. The average Bonchev–Trinajstić information content (AvgIpc) is 3.54. The van der Waals surface area contributed by atoms with Crippen molar-refractivity contribution in [3.8, 4) is 10.6 Å². The van der Waals surface area contributed by atoms with Crippen molar-refractivity contribution in [3.05, 3.63) is 95.4 Å². The molecule has 0 spiro atoms. The van der Waals surface area contributed by atoms with Gasteiger partial charge in [0.2, 0.25) is 0 Å². The Morgan fingerprint density at radius 3 is 2.71 bits per heavy atom. The van der Waals surface area contributed by atoms with Crippen LogP contribution < -0.4 is 5.32 Å². The zero-order chi connectivity index (χ0) is 21.0. The van der Waals surface area contributed by atoms with Gasteiger partial charge in [0.1, 0.15) is 11.5 Å². The standard InChI is InChI=1S/C23H20N6OS/c30-23(24-12-11-21-26-25-20-10-4-5-13-29(20)21)18-16-28(15-17-7-2-1-3-8-17)27-22(18)19-9-6-14-31-19/h1-10,13-14,16H,11-12,15H2,(H,24,30). The molecule has 0 saturated heterocycles. The second-order valence-electron chi connectivity index (χ2n) is 7.10. The third kappa shape index (κ3) is 4.10. The summed E-state index contributed by atoms with van der Waals surface area (Å²) in [5.41, 5.74) is 3.21. The summed E-state index contributed by atoms with van der Waals surface area (Å²) in [6, 6.07) is 19.8. The molecule has 1 aromatic carbocycles. The van der Waals surface area contributed by atoms with Crippen LogP contribution in [0.2, 0.25) is 0 Å². The lowest BCUT2D eigenvalue weighted by Gasteiger charge is -2.04. The Bertz CT molecular complexity index is 1310. The lowest BCUT2D eigenvalue weighted by molar-refractivity contribution is 0.0954. The van der Waals surface area contributed by atoms with Crippen LogP contribution in [0.1, 0.15) is 21.7 Å².